The van der Waals surface area contributed by atoms with E-state index < -0.39 is 29.3 Å². The fraction of sp³-hybridized carbons (Fsp3) is 0.524. The molecule has 0 bridgehead atoms. The number of halogens is 1. The molecule has 0 aliphatic heterocycles. The van der Waals surface area contributed by atoms with Crippen LogP contribution in [-0.4, -0.2) is 45.8 Å². The Hall–Kier alpha value is -2.39. The molecule has 0 spiro atoms. The molecule has 31 heavy (non-hydrogen) atoms. The van der Waals surface area contributed by atoms with Crippen LogP contribution in [0.2, 0.25) is 5.28 Å². The summed E-state index contributed by atoms with van der Waals surface area (Å²) in [7, 11) is 0. The van der Waals surface area contributed by atoms with E-state index in [1.165, 1.54) is 0 Å². The highest BCUT2D eigenvalue weighted by atomic mass is 35.5. The van der Waals surface area contributed by atoms with Gasteiger partial charge in [-0.1, -0.05) is 6.07 Å². The highest BCUT2D eigenvalue weighted by molar-refractivity contribution is 7.13. The topological polar surface area (TPSA) is 102 Å². The van der Waals surface area contributed by atoms with Gasteiger partial charge in [-0.3, -0.25) is 0 Å². The number of amides is 1. The van der Waals surface area contributed by atoms with Gasteiger partial charge >= 0.3 is 12.1 Å². The first-order valence-corrected chi connectivity index (χ1v) is 11.1. The molecule has 10 heteroatoms. The zero-order valence-electron chi connectivity index (χ0n) is 18.6. The van der Waals surface area contributed by atoms with Crippen LogP contribution in [0.1, 0.15) is 48.0 Å². The SMILES string of the molecule is CC(C)(C)OC(=O)N[C@@H](CCNc1nc(Cl)ncc1-c1cccs1)C(=O)OC(C)(C)C. The molecule has 2 N–H and O–H groups in total. The van der Waals surface area contributed by atoms with E-state index in [0.717, 1.165) is 10.4 Å². The normalized spacial score (nSPS) is 12.7. The van der Waals surface area contributed by atoms with Crippen LogP contribution < -0.4 is 10.6 Å². The lowest BCUT2D eigenvalue weighted by Crippen LogP contribution is -2.46. The number of hydrogen-bond donors (Lipinski definition) is 2. The first kappa shape index (κ1) is 24.9. The second-order valence-electron chi connectivity index (χ2n) is 8.83. The number of esters is 1. The van der Waals surface area contributed by atoms with E-state index in [-0.39, 0.29) is 11.7 Å². The summed E-state index contributed by atoms with van der Waals surface area (Å²) in [5.74, 6) is 0.00187. The molecule has 0 saturated carbocycles. The van der Waals surface area contributed by atoms with Crippen LogP contribution in [0.5, 0.6) is 0 Å². The van der Waals surface area contributed by atoms with Gasteiger partial charge < -0.3 is 20.1 Å². The number of ether oxygens (including phenoxy) is 2. The second kappa shape index (κ2) is 10.3. The largest absolute Gasteiger partial charge is 0.458 e. The van der Waals surface area contributed by atoms with Crippen LogP contribution in [0.3, 0.4) is 0 Å². The Kier molecular flexibility index (Phi) is 8.25. The Morgan fingerprint density at radius 3 is 2.42 bits per heavy atom. The number of carbonyl (C=O) groups excluding carboxylic acids is 2. The maximum Gasteiger partial charge on any atom is 0.408 e. The van der Waals surface area contributed by atoms with Gasteiger partial charge in [0.05, 0.1) is 5.56 Å². The molecule has 2 rings (SSSR count). The number of hydrogen-bond acceptors (Lipinski definition) is 8. The van der Waals surface area contributed by atoms with Crippen LogP contribution in [0, 0.1) is 0 Å². The van der Waals surface area contributed by atoms with E-state index >= 15 is 0 Å². The van der Waals surface area contributed by atoms with Crippen molar-refractivity contribution >= 4 is 40.8 Å². The Labute approximate surface area is 191 Å². The summed E-state index contributed by atoms with van der Waals surface area (Å²) in [4.78, 5) is 34.2. The van der Waals surface area contributed by atoms with Crippen LogP contribution in [0.25, 0.3) is 10.4 Å². The fourth-order valence-corrected chi connectivity index (χ4v) is 3.38. The third-order valence-corrected chi connectivity index (χ3v) is 4.74. The number of thiophene rings is 1. The fourth-order valence-electron chi connectivity index (χ4n) is 2.51. The van der Waals surface area contributed by atoms with Crippen molar-refractivity contribution in [1.82, 2.24) is 15.3 Å². The van der Waals surface area contributed by atoms with Crippen molar-refractivity contribution < 1.29 is 19.1 Å². The number of carbonyl (C=O) groups is 2. The number of anilines is 1. The first-order chi connectivity index (χ1) is 14.3. The van der Waals surface area contributed by atoms with Gasteiger partial charge in [0.2, 0.25) is 5.28 Å². The van der Waals surface area contributed by atoms with Crippen molar-refractivity contribution in [2.75, 3.05) is 11.9 Å². The minimum absolute atomic E-state index is 0.110. The molecule has 0 aliphatic rings. The van der Waals surface area contributed by atoms with E-state index in [1.807, 2.05) is 17.5 Å². The highest BCUT2D eigenvalue weighted by Crippen LogP contribution is 2.30. The Balaban J connectivity index is 2.10. The predicted octanol–water partition coefficient (Wildman–Crippen LogP) is 4.90. The molecule has 0 aliphatic carbocycles. The van der Waals surface area contributed by atoms with Crippen LogP contribution in [-0.2, 0) is 14.3 Å². The van der Waals surface area contributed by atoms with Gasteiger partial charge in [-0.15, -0.1) is 11.3 Å². The third kappa shape index (κ3) is 8.70. The molecule has 170 valence electrons. The number of alkyl carbamates (subject to hydrolysis) is 1. The summed E-state index contributed by atoms with van der Waals surface area (Å²) in [6.07, 6.45) is 1.21. The smallest absolute Gasteiger partial charge is 0.408 e. The molecular formula is C21H29ClN4O4S. The molecule has 2 aromatic rings. The maximum absolute atomic E-state index is 12.6. The Bertz CT molecular complexity index is 892. The molecule has 2 aromatic heterocycles. The quantitative estimate of drug-likeness (QED) is 0.440. The molecule has 0 radical (unpaired) electrons. The molecule has 0 fully saturated rings. The minimum atomic E-state index is -0.899. The first-order valence-electron chi connectivity index (χ1n) is 9.87. The summed E-state index contributed by atoms with van der Waals surface area (Å²) >= 11 is 7.52. The van der Waals surface area contributed by atoms with Gasteiger partial charge in [0.1, 0.15) is 23.1 Å². The van der Waals surface area contributed by atoms with Crippen LogP contribution in [0.4, 0.5) is 10.6 Å². The summed E-state index contributed by atoms with van der Waals surface area (Å²) in [5.41, 5.74) is -0.577. The molecule has 8 nitrogen and oxygen atoms in total. The lowest BCUT2D eigenvalue weighted by atomic mass is 10.1. The zero-order valence-corrected chi connectivity index (χ0v) is 20.2. The van der Waals surface area contributed by atoms with Gasteiger partial charge in [0.15, 0.2) is 0 Å². The highest BCUT2D eigenvalue weighted by Gasteiger charge is 2.28. The Morgan fingerprint density at radius 1 is 1.16 bits per heavy atom. The van der Waals surface area contributed by atoms with Crippen molar-refractivity contribution in [3.63, 3.8) is 0 Å². The monoisotopic (exact) mass is 468 g/mol. The lowest BCUT2D eigenvalue weighted by Gasteiger charge is -2.26. The lowest BCUT2D eigenvalue weighted by molar-refractivity contribution is -0.157. The minimum Gasteiger partial charge on any atom is -0.458 e. The van der Waals surface area contributed by atoms with E-state index in [1.54, 1.807) is 59.1 Å². The average Bonchev–Trinajstić information content (AvgIpc) is 3.12. The zero-order chi connectivity index (χ0) is 23.2. The standard InChI is InChI=1S/C21H29ClN4O4S/c1-20(2,3)29-17(27)14(25-19(28)30-21(4,5)6)9-10-23-16-13(12-24-18(22)26-16)15-8-7-11-31-15/h7-8,11-12,14H,9-10H2,1-6H3,(H,25,28)(H,23,24,26)/t14-/m0/s1. The van der Waals surface area contributed by atoms with E-state index in [4.69, 9.17) is 21.1 Å². The molecular weight excluding hydrogens is 440 g/mol. The van der Waals surface area contributed by atoms with Crippen molar-refractivity contribution in [2.24, 2.45) is 0 Å². The number of rotatable bonds is 7. The molecule has 0 aromatic carbocycles. The molecule has 0 saturated heterocycles. The van der Waals surface area contributed by atoms with Gasteiger partial charge in [0.25, 0.3) is 0 Å². The predicted molar refractivity (Wildman–Crippen MR) is 122 cm³/mol. The summed E-state index contributed by atoms with van der Waals surface area (Å²) in [6, 6.07) is 2.99. The molecule has 1 atom stereocenters. The van der Waals surface area contributed by atoms with Gasteiger partial charge in [-0.2, -0.15) is 0 Å². The molecule has 2 heterocycles. The van der Waals surface area contributed by atoms with Gasteiger partial charge in [-0.25, -0.2) is 19.6 Å². The van der Waals surface area contributed by atoms with E-state index in [2.05, 4.69) is 20.6 Å². The number of nitrogens with zero attached hydrogens (tertiary/aromatic N) is 2. The second-order valence-corrected chi connectivity index (χ2v) is 10.1. The van der Waals surface area contributed by atoms with Crippen molar-refractivity contribution in [2.45, 2.75) is 65.2 Å². The maximum atomic E-state index is 12.6. The van der Waals surface area contributed by atoms with Crippen LogP contribution >= 0.6 is 22.9 Å². The van der Waals surface area contributed by atoms with Crippen molar-refractivity contribution in [1.29, 1.82) is 0 Å². The van der Waals surface area contributed by atoms with E-state index in [9.17, 15) is 9.59 Å². The summed E-state index contributed by atoms with van der Waals surface area (Å²) in [5, 5.41) is 7.85. The average molecular weight is 469 g/mol. The third-order valence-electron chi connectivity index (χ3n) is 3.65. The summed E-state index contributed by atoms with van der Waals surface area (Å²) < 4.78 is 10.7. The van der Waals surface area contributed by atoms with Gasteiger partial charge in [-0.05, 0) is 71.0 Å². The van der Waals surface area contributed by atoms with Crippen LogP contribution in [0.15, 0.2) is 23.7 Å². The van der Waals surface area contributed by atoms with Gasteiger partial charge in [0, 0.05) is 17.6 Å². The molecule has 1 amide bonds. The van der Waals surface area contributed by atoms with Crippen molar-refractivity contribution in [3.05, 3.63) is 29.0 Å². The summed E-state index contributed by atoms with van der Waals surface area (Å²) in [6.45, 7) is 10.9. The van der Waals surface area contributed by atoms with E-state index in [0.29, 0.717) is 12.4 Å². The molecule has 0 unspecified atom stereocenters. The Morgan fingerprint density at radius 2 is 1.84 bits per heavy atom. The van der Waals surface area contributed by atoms with Crippen molar-refractivity contribution in [3.8, 4) is 10.4 Å². The number of aromatic nitrogens is 2. The number of nitrogens with one attached hydrogen (secondary N) is 2.